The average Bonchev–Trinajstić information content (AvgIpc) is 3.55. The number of aromatic nitrogens is 4. The first-order valence-corrected chi connectivity index (χ1v) is 17.3. The summed E-state index contributed by atoms with van der Waals surface area (Å²) < 4.78 is 45.4. The van der Waals surface area contributed by atoms with Crippen molar-refractivity contribution < 1.29 is 26.4 Å². The van der Waals surface area contributed by atoms with Gasteiger partial charge in [0.15, 0.2) is 0 Å². The van der Waals surface area contributed by atoms with Crippen LogP contribution in [0.25, 0.3) is 0 Å². The highest BCUT2D eigenvalue weighted by molar-refractivity contribution is 7.89. The Morgan fingerprint density at radius 1 is 0.643 bits per heavy atom. The van der Waals surface area contributed by atoms with Gasteiger partial charge in [0.2, 0.25) is 31.1 Å². The number of carbonyl (C=O) groups excluding carboxylic acids is 2. The van der Waals surface area contributed by atoms with Crippen LogP contribution in [0.2, 0.25) is 0 Å². The second kappa shape index (κ2) is 13.7. The number of primary sulfonamides is 2. The summed E-state index contributed by atoms with van der Waals surface area (Å²) >= 11 is 2.68. The quantitative estimate of drug-likeness (QED) is 0.168. The zero-order valence-electron chi connectivity index (χ0n) is 22.1. The van der Waals surface area contributed by atoms with E-state index in [1.54, 1.807) is 12.1 Å². The van der Waals surface area contributed by atoms with Gasteiger partial charge in [0, 0.05) is 19.3 Å². The summed E-state index contributed by atoms with van der Waals surface area (Å²) in [6.45, 7) is 0. The lowest BCUT2D eigenvalue weighted by Gasteiger charge is -2.03. The molecule has 5 N–H and O–H groups in total. The number of nitrogens with two attached hydrogens (primary N) is 2. The van der Waals surface area contributed by atoms with Gasteiger partial charge in [-0.1, -0.05) is 35.6 Å². The number of carbonyl (C=O) groups is 2. The molecule has 0 aliphatic rings. The average molecular weight is 650 g/mol. The van der Waals surface area contributed by atoms with E-state index in [-0.39, 0.29) is 40.7 Å². The maximum absolute atomic E-state index is 12.4. The summed E-state index contributed by atoms with van der Waals surface area (Å²) in [5.74, 6) is -0.355. The summed E-state index contributed by atoms with van der Waals surface area (Å²) in [5, 5.41) is 31.9. The smallest absolute Gasteiger partial charge is 0.238 e. The predicted octanol–water partition coefficient (Wildman–Crippen LogP) is 1.79. The molecule has 4 rings (SSSR count). The molecule has 0 fully saturated rings. The van der Waals surface area contributed by atoms with Crippen molar-refractivity contribution in [2.45, 2.75) is 54.7 Å². The summed E-state index contributed by atoms with van der Waals surface area (Å²) in [7, 11) is -7.56. The molecule has 1 amide bonds. The van der Waals surface area contributed by atoms with E-state index >= 15 is 0 Å². The summed E-state index contributed by atoms with van der Waals surface area (Å²) in [6, 6.07) is 11.7. The zero-order chi connectivity index (χ0) is 30.3. The fraction of sp³-hybridized carbons (Fsp3) is 0.280. The molecule has 0 atom stereocenters. The molecule has 0 bridgehead atoms. The van der Waals surface area contributed by atoms with Gasteiger partial charge in [-0.15, -0.1) is 31.7 Å². The third-order valence-corrected chi connectivity index (χ3v) is 9.61. The molecule has 0 saturated heterocycles. The van der Waals surface area contributed by atoms with E-state index in [2.05, 4.69) is 25.7 Å². The summed E-state index contributed by atoms with van der Waals surface area (Å²) in [4.78, 5) is 24.7. The molecule has 17 heteroatoms. The highest BCUT2D eigenvalue weighted by Crippen LogP contribution is 2.20. The van der Waals surface area contributed by atoms with Crippen LogP contribution < -0.4 is 15.6 Å². The van der Waals surface area contributed by atoms with Crippen LogP contribution in [-0.2, 0) is 61.7 Å². The standard InChI is InChI=1S/C25H27N7O6S4/c26-41(35,36)19-9-5-16(6-10-19)13-18(33)15-24-31-29-22(39-24)3-1-2-4-23-30-32-25(40-23)28-21(34)14-17-7-11-20(12-8-17)42(27,37)38/h5-12H,1-4,13-15H2,(H2,26,35,36)(H2,27,37,38)(H,28,32,34). The molecule has 42 heavy (non-hydrogen) atoms. The highest BCUT2D eigenvalue weighted by atomic mass is 32.2. The molecule has 0 spiro atoms. The van der Waals surface area contributed by atoms with Crippen LogP contribution in [0.3, 0.4) is 0 Å². The number of unbranched alkanes of at least 4 members (excludes halogenated alkanes) is 1. The number of nitrogens with zero attached hydrogens (tertiary/aromatic N) is 4. The van der Waals surface area contributed by atoms with Crippen LogP contribution in [0.15, 0.2) is 58.3 Å². The summed E-state index contributed by atoms with van der Waals surface area (Å²) in [5.41, 5.74) is 1.32. The Morgan fingerprint density at radius 2 is 1.12 bits per heavy atom. The van der Waals surface area contributed by atoms with Crippen molar-refractivity contribution in [1.29, 1.82) is 0 Å². The molecule has 2 aromatic heterocycles. The largest absolute Gasteiger partial charge is 0.300 e. The maximum Gasteiger partial charge on any atom is 0.238 e. The number of amides is 1. The lowest BCUT2D eigenvalue weighted by atomic mass is 10.1. The first-order chi connectivity index (χ1) is 19.8. The molecule has 2 heterocycles. The lowest BCUT2D eigenvalue weighted by Crippen LogP contribution is -2.15. The fourth-order valence-electron chi connectivity index (χ4n) is 3.82. The molecule has 0 saturated carbocycles. The minimum Gasteiger partial charge on any atom is -0.300 e. The van der Waals surface area contributed by atoms with Crippen molar-refractivity contribution in [3.05, 3.63) is 74.7 Å². The molecule has 2 aromatic carbocycles. The van der Waals surface area contributed by atoms with Crippen molar-refractivity contribution in [2.24, 2.45) is 10.3 Å². The number of anilines is 1. The SMILES string of the molecule is NS(=O)(=O)c1ccc(CC(=O)Cc2nnc(CCCCc3nnc(NC(=O)Cc4ccc(S(N)(=O)=O)cc4)s3)s2)cc1. The molecule has 0 radical (unpaired) electrons. The van der Waals surface area contributed by atoms with Crippen LogP contribution in [0.4, 0.5) is 5.13 Å². The number of sulfonamides is 2. The second-order valence-electron chi connectivity index (χ2n) is 9.29. The number of ketones is 1. The maximum atomic E-state index is 12.4. The zero-order valence-corrected chi connectivity index (χ0v) is 25.4. The van der Waals surface area contributed by atoms with E-state index in [9.17, 15) is 26.4 Å². The van der Waals surface area contributed by atoms with E-state index in [4.69, 9.17) is 10.3 Å². The molecule has 222 valence electrons. The second-order valence-corrected chi connectivity index (χ2v) is 14.6. The van der Waals surface area contributed by atoms with E-state index < -0.39 is 20.0 Å². The lowest BCUT2D eigenvalue weighted by molar-refractivity contribution is -0.118. The first kappa shape index (κ1) is 31.5. The highest BCUT2D eigenvalue weighted by Gasteiger charge is 2.14. The Morgan fingerprint density at radius 3 is 1.67 bits per heavy atom. The number of hydrogen-bond acceptors (Lipinski definition) is 12. The first-order valence-electron chi connectivity index (χ1n) is 12.5. The Bertz CT molecular complexity index is 1640. The van der Waals surface area contributed by atoms with Crippen molar-refractivity contribution in [1.82, 2.24) is 20.4 Å². The van der Waals surface area contributed by atoms with E-state index in [1.807, 2.05) is 0 Å². The normalized spacial score (nSPS) is 11.9. The van der Waals surface area contributed by atoms with Crippen molar-refractivity contribution in [2.75, 3.05) is 5.32 Å². The number of hydrogen-bond donors (Lipinski definition) is 3. The van der Waals surface area contributed by atoms with Gasteiger partial charge < -0.3 is 5.32 Å². The van der Waals surface area contributed by atoms with Gasteiger partial charge in [0.05, 0.1) is 22.6 Å². The van der Waals surface area contributed by atoms with Gasteiger partial charge in [0.1, 0.15) is 20.8 Å². The Hall–Kier alpha value is -3.48. The van der Waals surface area contributed by atoms with Gasteiger partial charge in [-0.2, -0.15) is 0 Å². The van der Waals surface area contributed by atoms with Crippen molar-refractivity contribution in [3.8, 4) is 0 Å². The van der Waals surface area contributed by atoms with Gasteiger partial charge in [-0.05, 0) is 48.2 Å². The number of aryl methyl sites for hydroxylation is 2. The summed E-state index contributed by atoms with van der Waals surface area (Å²) in [6.07, 6.45) is 3.37. The third kappa shape index (κ3) is 9.53. The predicted molar refractivity (Wildman–Crippen MR) is 157 cm³/mol. The number of Topliss-reactive ketones (excluding diaryl/α,β-unsaturated/α-hetero) is 1. The van der Waals surface area contributed by atoms with Crippen molar-refractivity contribution >= 4 is 59.5 Å². The van der Waals surface area contributed by atoms with Crippen LogP contribution in [0.1, 0.15) is 39.0 Å². The minimum absolute atomic E-state index is 0.00390. The van der Waals surface area contributed by atoms with E-state index in [0.29, 0.717) is 34.1 Å². The molecule has 0 unspecified atom stereocenters. The van der Waals surface area contributed by atoms with Gasteiger partial charge in [-0.3, -0.25) is 9.59 Å². The minimum atomic E-state index is -3.79. The Labute approximate surface area is 250 Å². The van der Waals surface area contributed by atoms with E-state index in [1.165, 1.54) is 59.1 Å². The molecule has 4 aromatic rings. The number of rotatable bonds is 14. The van der Waals surface area contributed by atoms with Gasteiger partial charge in [0.25, 0.3) is 0 Å². The van der Waals surface area contributed by atoms with E-state index in [0.717, 1.165) is 22.9 Å². The molecule has 0 aliphatic heterocycles. The molecule has 13 nitrogen and oxygen atoms in total. The van der Waals surface area contributed by atoms with Gasteiger partial charge >= 0.3 is 0 Å². The van der Waals surface area contributed by atoms with Gasteiger partial charge in [-0.25, -0.2) is 27.1 Å². The van der Waals surface area contributed by atoms with Crippen LogP contribution in [0.5, 0.6) is 0 Å². The monoisotopic (exact) mass is 649 g/mol. The van der Waals surface area contributed by atoms with Crippen LogP contribution in [0, 0.1) is 0 Å². The number of nitrogens with one attached hydrogen (secondary N) is 1. The van der Waals surface area contributed by atoms with Crippen molar-refractivity contribution in [3.63, 3.8) is 0 Å². The molecular formula is C25H27N7O6S4. The molecular weight excluding hydrogens is 623 g/mol. The van der Waals surface area contributed by atoms with Crippen LogP contribution in [-0.4, -0.2) is 48.9 Å². The fourth-order valence-corrected chi connectivity index (χ4v) is 6.56. The Balaban J connectivity index is 1.16. The number of benzene rings is 2. The third-order valence-electron chi connectivity index (χ3n) is 5.87. The van der Waals surface area contributed by atoms with Crippen LogP contribution >= 0.6 is 22.7 Å². The molecule has 0 aliphatic carbocycles. The Kier molecular flexibility index (Phi) is 10.2. The topological polar surface area (TPSA) is 218 Å².